The molecule has 1 saturated heterocycles. The van der Waals surface area contributed by atoms with Crippen molar-refractivity contribution in [2.45, 2.75) is 6.42 Å². The van der Waals surface area contributed by atoms with Crippen LogP contribution in [0.4, 0.5) is 0 Å². The Labute approximate surface area is 135 Å². The normalized spacial score (nSPS) is 17.4. The molecule has 1 fully saturated rings. The SMILES string of the molecule is C=CC(=O)N1CCC(CN(C)C(=O)c2ccc3[nH]ccc3c2)C1. The molecule has 3 rings (SSSR count). The van der Waals surface area contributed by atoms with Crippen LogP contribution in [0.1, 0.15) is 16.8 Å². The molecule has 0 radical (unpaired) electrons. The van der Waals surface area contributed by atoms with Crippen LogP contribution in [0, 0.1) is 5.92 Å². The molecule has 1 atom stereocenters. The molecular weight excluding hydrogens is 290 g/mol. The van der Waals surface area contributed by atoms with Gasteiger partial charge in [-0.2, -0.15) is 0 Å². The van der Waals surface area contributed by atoms with Crippen molar-refractivity contribution in [3.05, 3.63) is 48.7 Å². The summed E-state index contributed by atoms with van der Waals surface area (Å²) >= 11 is 0. The molecule has 5 nitrogen and oxygen atoms in total. The summed E-state index contributed by atoms with van der Waals surface area (Å²) in [5.74, 6) is 0.310. The molecule has 1 aliphatic heterocycles. The van der Waals surface area contributed by atoms with E-state index >= 15 is 0 Å². The van der Waals surface area contributed by atoms with Gasteiger partial charge in [0.1, 0.15) is 0 Å². The highest BCUT2D eigenvalue weighted by Gasteiger charge is 2.27. The third-order valence-electron chi connectivity index (χ3n) is 4.45. The van der Waals surface area contributed by atoms with E-state index in [1.807, 2.05) is 37.5 Å². The predicted octanol–water partition coefficient (Wildman–Crippen LogP) is 2.27. The van der Waals surface area contributed by atoms with Gasteiger partial charge in [0, 0.05) is 49.3 Å². The third kappa shape index (κ3) is 3.13. The maximum Gasteiger partial charge on any atom is 0.253 e. The highest BCUT2D eigenvalue weighted by molar-refractivity contribution is 5.98. The first-order valence-electron chi connectivity index (χ1n) is 7.82. The van der Waals surface area contributed by atoms with Gasteiger partial charge in [0.25, 0.3) is 5.91 Å². The average molecular weight is 311 g/mol. The van der Waals surface area contributed by atoms with Crippen LogP contribution in [0.2, 0.25) is 0 Å². The van der Waals surface area contributed by atoms with E-state index in [2.05, 4.69) is 11.6 Å². The molecule has 0 spiro atoms. The topological polar surface area (TPSA) is 56.4 Å². The summed E-state index contributed by atoms with van der Waals surface area (Å²) in [5.41, 5.74) is 1.72. The Balaban J connectivity index is 1.63. The molecule has 1 aromatic heterocycles. The number of hydrogen-bond donors (Lipinski definition) is 1. The van der Waals surface area contributed by atoms with Crippen molar-refractivity contribution in [3.8, 4) is 0 Å². The average Bonchev–Trinajstić information content (AvgIpc) is 3.21. The Morgan fingerprint density at radius 2 is 2.26 bits per heavy atom. The van der Waals surface area contributed by atoms with Crippen molar-refractivity contribution in [1.82, 2.24) is 14.8 Å². The zero-order valence-corrected chi connectivity index (χ0v) is 13.3. The number of hydrogen-bond acceptors (Lipinski definition) is 2. The second-order valence-corrected chi connectivity index (χ2v) is 6.11. The molecule has 1 N–H and O–H groups in total. The Morgan fingerprint density at radius 3 is 3.04 bits per heavy atom. The smallest absolute Gasteiger partial charge is 0.253 e. The van der Waals surface area contributed by atoms with E-state index < -0.39 is 0 Å². The standard InChI is InChI=1S/C18H21N3O2/c1-3-17(22)21-9-7-13(12-21)11-20(2)18(23)15-4-5-16-14(10-15)6-8-19-16/h3-6,8,10,13,19H,1,7,9,11-12H2,2H3. The number of benzene rings is 1. The fourth-order valence-electron chi connectivity index (χ4n) is 3.19. The lowest BCUT2D eigenvalue weighted by molar-refractivity contribution is -0.125. The monoisotopic (exact) mass is 311 g/mol. The molecule has 0 saturated carbocycles. The number of likely N-dealkylation sites (tertiary alicyclic amines) is 1. The van der Waals surface area contributed by atoms with Crippen molar-refractivity contribution < 1.29 is 9.59 Å². The first-order valence-corrected chi connectivity index (χ1v) is 7.82. The number of carbonyl (C=O) groups is 2. The Bertz CT molecular complexity index is 750. The van der Waals surface area contributed by atoms with Gasteiger partial charge in [0.15, 0.2) is 0 Å². The number of nitrogens with zero attached hydrogens (tertiary/aromatic N) is 2. The van der Waals surface area contributed by atoms with Crippen LogP contribution >= 0.6 is 0 Å². The molecule has 2 aromatic rings. The van der Waals surface area contributed by atoms with Crippen molar-refractivity contribution in [3.63, 3.8) is 0 Å². The third-order valence-corrected chi connectivity index (χ3v) is 4.45. The summed E-state index contributed by atoms with van der Waals surface area (Å²) < 4.78 is 0. The molecule has 2 amide bonds. The van der Waals surface area contributed by atoms with Crippen LogP contribution in [0.15, 0.2) is 43.1 Å². The highest BCUT2D eigenvalue weighted by Crippen LogP contribution is 2.19. The number of aromatic nitrogens is 1. The lowest BCUT2D eigenvalue weighted by Crippen LogP contribution is -2.34. The number of aromatic amines is 1. The lowest BCUT2D eigenvalue weighted by atomic mass is 10.1. The molecule has 2 heterocycles. The van der Waals surface area contributed by atoms with E-state index in [-0.39, 0.29) is 11.8 Å². The maximum absolute atomic E-state index is 12.6. The molecule has 23 heavy (non-hydrogen) atoms. The van der Waals surface area contributed by atoms with Gasteiger partial charge in [-0.25, -0.2) is 0 Å². The summed E-state index contributed by atoms with van der Waals surface area (Å²) in [6.45, 7) is 5.62. The highest BCUT2D eigenvalue weighted by atomic mass is 16.2. The van der Waals surface area contributed by atoms with Gasteiger partial charge in [0.2, 0.25) is 5.91 Å². The molecule has 1 unspecified atom stereocenters. The first kappa shape index (κ1) is 15.3. The second kappa shape index (κ2) is 6.28. The van der Waals surface area contributed by atoms with Crippen molar-refractivity contribution in [2.24, 2.45) is 5.92 Å². The minimum Gasteiger partial charge on any atom is -0.361 e. The molecule has 1 aromatic carbocycles. The van der Waals surface area contributed by atoms with Gasteiger partial charge >= 0.3 is 0 Å². The molecule has 0 bridgehead atoms. The van der Waals surface area contributed by atoms with Crippen molar-refractivity contribution >= 4 is 22.7 Å². The van der Waals surface area contributed by atoms with Gasteiger partial charge in [-0.15, -0.1) is 0 Å². The molecule has 5 heteroatoms. The summed E-state index contributed by atoms with van der Waals surface area (Å²) in [7, 11) is 1.82. The largest absolute Gasteiger partial charge is 0.361 e. The summed E-state index contributed by atoms with van der Waals surface area (Å²) in [5, 5.41) is 1.04. The van der Waals surface area contributed by atoms with E-state index in [0.29, 0.717) is 24.6 Å². The van der Waals surface area contributed by atoms with Gasteiger partial charge in [-0.1, -0.05) is 6.58 Å². The first-order chi connectivity index (χ1) is 11.1. The zero-order chi connectivity index (χ0) is 16.4. The Kier molecular flexibility index (Phi) is 4.19. The molecule has 0 aliphatic carbocycles. The number of fused-ring (bicyclic) bond motifs is 1. The van der Waals surface area contributed by atoms with Gasteiger partial charge in [-0.3, -0.25) is 9.59 Å². The van der Waals surface area contributed by atoms with Crippen molar-refractivity contribution in [1.29, 1.82) is 0 Å². The zero-order valence-electron chi connectivity index (χ0n) is 13.3. The number of nitrogens with one attached hydrogen (secondary N) is 1. The minimum atomic E-state index is -0.0283. The molecular formula is C18H21N3O2. The van der Waals surface area contributed by atoms with Gasteiger partial charge < -0.3 is 14.8 Å². The van der Waals surface area contributed by atoms with Crippen LogP contribution in [-0.2, 0) is 4.79 Å². The number of rotatable bonds is 4. The quantitative estimate of drug-likeness (QED) is 0.881. The number of amides is 2. The van der Waals surface area contributed by atoms with Crippen molar-refractivity contribution in [2.75, 3.05) is 26.7 Å². The Hall–Kier alpha value is -2.56. The fourth-order valence-corrected chi connectivity index (χ4v) is 3.19. The van der Waals surface area contributed by atoms with Gasteiger partial charge in [0.05, 0.1) is 0 Å². The van der Waals surface area contributed by atoms with E-state index in [1.165, 1.54) is 6.08 Å². The predicted molar refractivity (Wildman–Crippen MR) is 90.1 cm³/mol. The Morgan fingerprint density at radius 1 is 1.43 bits per heavy atom. The molecule has 1 aliphatic rings. The summed E-state index contributed by atoms with van der Waals surface area (Å²) in [6, 6.07) is 7.64. The maximum atomic E-state index is 12.6. The summed E-state index contributed by atoms with van der Waals surface area (Å²) in [4.78, 5) is 30.9. The molecule has 120 valence electrons. The van der Waals surface area contributed by atoms with E-state index in [1.54, 1.807) is 9.80 Å². The number of carbonyl (C=O) groups excluding carboxylic acids is 2. The van der Waals surface area contributed by atoms with Gasteiger partial charge in [-0.05, 0) is 42.7 Å². The van der Waals surface area contributed by atoms with Crippen LogP contribution in [0.3, 0.4) is 0 Å². The van der Waals surface area contributed by atoms with E-state index in [4.69, 9.17) is 0 Å². The van der Waals surface area contributed by atoms with Crippen LogP contribution < -0.4 is 0 Å². The second-order valence-electron chi connectivity index (χ2n) is 6.11. The van der Waals surface area contributed by atoms with Crippen LogP contribution in [-0.4, -0.2) is 53.3 Å². The fraction of sp³-hybridized carbons (Fsp3) is 0.333. The van der Waals surface area contributed by atoms with E-state index in [0.717, 1.165) is 23.9 Å². The minimum absolute atomic E-state index is 0.0154. The van der Waals surface area contributed by atoms with Crippen LogP contribution in [0.5, 0.6) is 0 Å². The summed E-state index contributed by atoms with van der Waals surface area (Å²) in [6.07, 6.45) is 4.14. The van der Waals surface area contributed by atoms with Crippen LogP contribution in [0.25, 0.3) is 10.9 Å². The number of H-pyrrole nitrogens is 1. The van der Waals surface area contributed by atoms with E-state index in [9.17, 15) is 9.59 Å². The lowest BCUT2D eigenvalue weighted by Gasteiger charge is -2.21.